The van der Waals surface area contributed by atoms with Crippen LogP contribution in [0.1, 0.15) is 18.4 Å². The Balaban J connectivity index is 1.69. The van der Waals surface area contributed by atoms with Gasteiger partial charge in [-0.05, 0) is 48.4 Å². The van der Waals surface area contributed by atoms with Gasteiger partial charge in [0.25, 0.3) is 0 Å². The number of halogens is 2. The molecule has 0 aromatic heterocycles. The minimum absolute atomic E-state index is 0.124. The van der Waals surface area contributed by atoms with Crippen molar-refractivity contribution in [2.75, 3.05) is 29.4 Å². The number of sulfonamides is 1. The first-order valence-corrected chi connectivity index (χ1v) is 12.5. The average Bonchev–Trinajstić information content (AvgIpc) is 2.65. The normalized spacial score (nSPS) is 11.3. The molecule has 0 unspecified atom stereocenters. The topological polar surface area (TPSA) is 66.5 Å². The van der Waals surface area contributed by atoms with Gasteiger partial charge in [-0.25, -0.2) is 12.8 Å². The lowest BCUT2D eigenvalue weighted by Crippen LogP contribution is -2.32. The van der Waals surface area contributed by atoms with Crippen LogP contribution in [0.25, 0.3) is 0 Å². The Kier molecular flexibility index (Phi) is 9.26. The van der Waals surface area contributed by atoms with Gasteiger partial charge in [-0.1, -0.05) is 23.7 Å². The molecule has 0 fully saturated rings. The van der Waals surface area contributed by atoms with Crippen molar-refractivity contribution in [2.24, 2.45) is 0 Å². The highest BCUT2D eigenvalue weighted by molar-refractivity contribution is 7.98. The average molecular weight is 459 g/mol. The smallest absolute Gasteiger partial charge is 0.232 e. The Morgan fingerprint density at radius 1 is 1.21 bits per heavy atom. The van der Waals surface area contributed by atoms with Crippen molar-refractivity contribution in [1.29, 1.82) is 0 Å². The Bertz CT molecular complexity index is 908. The van der Waals surface area contributed by atoms with Crippen molar-refractivity contribution in [3.63, 3.8) is 0 Å². The molecule has 0 saturated heterocycles. The zero-order valence-electron chi connectivity index (χ0n) is 16.1. The summed E-state index contributed by atoms with van der Waals surface area (Å²) in [5.74, 6) is 1.02. The molecule has 0 aliphatic rings. The third-order valence-electron chi connectivity index (χ3n) is 4.01. The fraction of sp³-hybridized carbons (Fsp3) is 0.350. The molecule has 0 bridgehead atoms. The third-order valence-corrected chi connectivity index (χ3v) is 6.47. The molecule has 29 heavy (non-hydrogen) atoms. The molecule has 2 rings (SSSR count). The van der Waals surface area contributed by atoms with E-state index in [0.717, 1.165) is 23.3 Å². The van der Waals surface area contributed by atoms with E-state index >= 15 is 0 Å². The first-order chi connectivity index (χ1) is 13.8. The number of thioether (sulfide) groups is 1. The van der Waals surface area contributed by atoms with Gasteiger partial charge in [0, 0.05) is 36.0 Å². The second kappa shape index (κ2) is 11.4. The van der Waals surface area contributed by atoms with Gasteiger partial charge >= 0.3 is 0 Å². The van der Waals surface area contributed by atoms with Crippen LogP contribution < -0.4 is 9.62 Å². The van der Waals surface area contributed by atoms with Crippen LogP contribution in [0, 0.1) is 5.82 Å². The van der Waals surface area contributed by atoms with Crippen LogP contribution in [0.15, 0.2) is 48.5 Å². The number of hydrogen-bond acceptors (Lipinski definition) is 4. The van der Waals surface area contributed by atoms with Gasteiger partial charge in [-0.15, -0.1) is 0 Å². The maximum Gasteiger partial charge on any atom is 0.232 e. The molecule has 0 aliphatic carbocycles. The maximum absolute atomic E-state index is 13.1. The first-order valence-electron chi connectivity index (χ1n) is 9.08. The molecule has 0 spiro atoms. The first kappa shape index (κ1) is 23.5. The summed E-state index contributed by atoms with van der Waals surface area (Å²) in [6.07, 6.45) is 1.67. The molecule has 1 N–H and O–H groups in total. The summed E-state index contributed by atoms with van der Waals surface area (Å²) in [5, 5.41) is 3.55. The number of rotatable bonds is 11. The van der Waals surface area contributed by atoms with Gasteiger partial charge in [0.2, 0.25) is 15.9 Å². The predicted octanol–water partition coefficient (Wildman–Crippen LogP) is 4.07. The van der Waals surface area contributed by atoms with E-state index in [4.69, 9.17) is 11.6 Å². The summed E-state index contributed by atoms with van der Waals surface area (Å²) in [6, 6.07) is 12.9. The van der Waals surface area contributed by atoms with E-state index in [0.29, 0.717) is 23.7 Å². The lowest BCUT2D eigenvalue weighted by Gasteiger charge is -2.22. The molecule has 0 saturated carbocycles. The fourth-order valence-corrected chi connectivity index (χ4v) is 4.63. The second-order valence-corrected chi connectivity index (χ2v) is 9.90. The lowest BCUT2D eigenvalue weighted by atomic mass is 10.2. The van der Waals surface area contributed by atoms with Crippen LogP contribution in [-0.2, 0) is 20.6 Å². The number of amides is 1. The Morgan fingerprint density at radius 3 is 2.59 bits per heavy atom. The van der Waals surface area contributed by atoms with Crippen LogP contribution in [0.2, 0.25) is 5.02 Å². The predicted molar refractivity (Wildman–Crippen MR) is 118 cm³/mol. The molecule has 9 heteroatoms. The van der Waals surface area contributed by atoms with E-state index in [1.165, 1.54) is 28.6 Å². The SMILES string of the molecule is CS(=O)(=O)N(CCCC(=O)NCCSCc1cccc(Cl)c1)c1ccc(F)cc1. The van der Waals surface area contributed by atoms with Crippen molar-refractivity contribution in [3.05, 3.63) is 64.9 Å². The van der Waals surface area contributed by atoms with Crippen LogP contribution in [0.4, 0.5) is 10.1 Å². The van der Waals surface area contributed by atoms with Crippen molar-refractivity contribution >= 4 is 45.0 Å². The largest absolute Gasteiger partial charge is 0.355 e. The molecule has 5 nitrogen and oxygen atoms in total. The van der Waals surface area contributed by atoms with E-state index in [9.17, 15) is 17.6 Å². The van der Waals surface area contributed by atoms with E-state index in [1.807, 2.05) is 24.3 Å². The maximum atomic E-state index is 13.1. The van der Waals surface area contributed by atoms with Crippen molar-refractivity contribution < 1.29 is 17.6 Å². The number of carbonyl (C=O) groups excluding carboxylic acids is 1. The summed E-state index contributed by atoms with van der Waals surface area (Å²) in [6.45, 7) is 0.694. The van der Waals surface area contributed by atoms with Gasteiger partial charge in [-0.3, -0.25) is 9.10 Å². The number of carbonyl (C=O) groups is 1. The molecular weight excluding hydrogens is 435 g/mol. The van der Waals surface area contributed by atoms with Crippen LogP contribution in [0.5, 0.6) is 0 Å². The molecule has 1 amide bonds. The van der Waals surface area contributed by atoms with Crippen molar-refractivity contribution in [2.45, 2.75) is 18.6 Å². The Hall–Kier alpha value is -1.77. The number of nitrogens with zero attached hydrogens (tertiary/aromatic N) is 1. The van der Waals surface area contributed by atoms with Gasteiger partial charge in [0.15, 0.2) is 0 Å². The summed E-state index contributed by atoms with van der Waals surface area (Å²) in [4.78, 5) is 12.0. The van der Waals surface area contributed by atoms with Crippen LogP contribution in [0.3, 0.4) is 0 Å². The molecular formula is C20H24ClFN2O3S2. The third kappa shape index (κ3) is 8.64. The minimum Gasteiger partial charge on any atom is -0.355 e. The highest BCUT2D eigenvalue weighted by Crippen LogP contribution is 2.19. The van der Waals surface area contributed by atoms with Gasteiger partial charge < -0.3 is 5.32 Å². The van der Waals surface area contributed by atoms with E-state index in [2.05, 4.69) is 5.32 Å². The van der Waals surface area contributed by atoms with E-state index in [1.54, 1.807) is 11.8 Å². The number of benzene rings is 2. The molecule has 0 aliphatic heterocycles. The highest BCUT2D eigenvalue weighted by Gasteiger charge is 2.17. The van der Waals surface area contributed by atoms with Gasteiger partial charge in [-0.2, -0.15) is 11.8 Å². The summed E-state index contributed by atoms with van der Waals surface area (Å²) in [5.41, 5.74) is 1.52. The number of hydrogen-bond donors (Lipinski definition) is 1. The summed E-state index contributed by atoms with van der Waals surface area (Å²) in [7, 11) is -3.52. The van der Waals surface area contributed by atoms with Gasteiger partial charge in [0.05, 0.1) is 11.9 Å². The lowest BCUT2D eigenvalue weighted by molar-refractivity contribution is -0.121. The Morgan fingerprint density at radius 2 is 1.93 bits per heavy atom. The molecule has 0 radical (unpaired) electrons. The standard InChI is InChI=1S/C20H24ClFN2O3S2/c1-29(26,27)24(19-9-7-18(22)8-10-19)12-3-6-20(25)23-11-13-28-15-16-4-2-5-17(21)14-16/h2,4-5,7-10,14H,3,6,11-13,15H2,1H3,(H,23,25). The van der Waals surface area contributed by atoms with Crippen LogP contribution >= 0.6 is 23.4 Å². The molecule has 158 valence electrons. The monoisotopic (exact) mass is 458 g/mol. The number of nitrogens with one attached hydrogen (secondary N) is 1. The summed E-state index contributed by atoms with van der Waals surface area (Å²) < 4.78 is 38.2. The highest BCUT2D eigenvalue weighted by atomic mass is 35.5. The van der Waals surface area contributed by atoms with Crippen molar-refractivity contribution in [3.8, 4) is 0 Å². The molecule has 0 atom stereocenters. The quantitative estimate of drug-likeness (QED) is 0.515. The molecule has 2 aromatic rings. The second-order valence-electron chi connectivity index (χ2n) is 6.45. The zero-order valence-corrected chi connectivity index (χ0v) is 18.5. The van der Waals surface area contributed by atoms with Gasteiger partial charge in [0.1, 0.15) is 5.82 Å². The van der Waals surface area contributed by atoms with Crippen LogP contribution in [-0.4, -0.2) is 39.4 Å². The molecule has 0 heterocycles. The van der Waals surface area contributed by atoms with E-state index < -0.39 is 15.8 Å². The molecule has 2 aromatic carbocycles. The minimum atomic E-state index is -3.52. The van der Waals surface area contributed by atoms with E-state index in [-0.39, 0.29) is 18.9 Å². The zero-order chi connectivity index (χ0) is 21.3. The fourth-order valence-electron chi connectivity index (χ4n) is 2.64. The van der Waals surface area contributed by atoms with Crippen molar-refractivity contribution in [1.82, 2.24) is 5.32 Å². The Labute approximate surface area is 180 Å². The summed E-state index contributed by atoms with van der Waals surface area (Å²) >= 11 is 7.64. The number of anilines is 1.